The fourth-order valence-electron chi connectivity index (χ4n) is 4.48. The summed E-state index contributed by atoms with van der Waals surface area (Å²) in [6.45, 7) is 2.62. The highest BCUT2D eigenvalue weighted by Gasteiger charge is 2.43. The van der Waals surface area contributed by atoms with E-state index in [4.69, 9.17) is 21.7 Å². The van der Waals surface area contributed by atoms with Gasteiger partial charge in [0.2, 0.25) is 0 Å². The standard InChI is InChI=1S/C27H26N4O2S/c1-3-33-20-15-13-19(14-16-20)30-18-8-11-23(30)26-25(21-9-6-7-17-28-21)29-27(34)31(26)22-10-4-5-12-24(22)32-2/h4-18,25-26H,3H2,1-2H3,(H,29,34)/t25-,26+/m1/s1. The Labute approximate surface area is 204 Å². The number of nitrogens with zero attached hydrogens (tertiary/aromatic N) is 3. The van der Waals surface area contributed by atoms with Crippen molar-refractivity contribution >= 4 is 23.0 Å². The fourth-order valence-corrected chi connectivity index (χ4v) is 4.82. The van der Waals surface area contributed by atoms with Crippen molar-refractivity contribution in [2.75, 3.05) is 18.6 Å². The summed E-state index contributed by atoms with van der Waals surface area (Å²) < 4.78 is 13.5. The lowest BCUT2D eigenvalue weighted by atomic mass is 10.0. The van der Waals surface area contributed by atoms with Gasteiger partial charge in [-0.2, -0.15) is 0 Å². The molecule has 2 atom stereocenters. The molecule has 1 fully saturated rings. The van der Waals surface area contributed by atoms with Crippen LogP contribution >= 0.6 is 12.2 Å². The Balaban J connectivity index is 1.64. The number of methoxy groups -OCH3 is 1. The molecule has 0 bridgehead atoms. The molecule has 7 heteroatoms. The Kier molecular flexibility index (Phi) is 6.18. The topological polar surface area (TPSA) is 51.5 Å². The van der Waals surface area contributed by atoms with E-state index in [1.54, 1.807) is 7.11 Å². The van der Waals surface area contributed by atoms with Gasteiger partial charge < -0.3 is 24.3 Å². The van der Waals surface area contributed by atoms with Crippen molar-refractivity contribution in [1.82, 2.24) is 14.9 Å². The SMILES string of the molecule is CCOc1ccc(-n2cccc2[C@H]2[C@@H](c3ccccn3)NC(=S)N2c2ccccc2OC)cc1. The molecule has 0 radical (unpaired) electrons. The number of hydrogen-bond acceptors (Lipinski definition) is 4. The van der Waals surface area contributed by atoms with Crippen molar-refractivity contribution in [2.45, 2.75) is 19.0 Å². The number of pyridine rings is 1. The summed E-state index contributed by atoms with van der Waals surface area (Å²) >= 11 is 5.87. The molecule has 0 saturated carbocycles. The largest absolute Gasteiger partial charge is 0.495 e. The number of thiocarbonyl (C=S) groups is 1. The van der Waals surface area contributed by atoms with E-state index in [0.29, 0.717) is 11.7 Å². The first kappa shape index (κ1) is 22.0. The summed E-state index contributed by atoms with van der Waals surface area (Å²) in [7, 11) is 1.68. The molecule has 0 aliphatic carbocycles. The van der Waals surface area contributed by atoms with Crippen LogP contribution in [0.5, 0.6) is 11.5 Å². The van der Waals surface area contributed by atoms with E-state index in [1.165, 1.54) is 0 Å². The third-order valence-electron chi connectivity index (χ3n) is 5.95. The van der Waals surface area contributed by atoms with E-state index in [9.17, 15) is 0 Å². The van der Waals surface area contributed by atoms with Gasteiger partial charge in [-0.3, -0.25) is 4.98 Å². The van der Waals surface area contributed by atoms with Crippen LogP contribution in [0.2, 0.25) is 0 Å². The molecule has 0 amide bonds. The van der Waals surface area contributed by atoms with Crippen molar-refractivity contribution in [3.8, 4) is 17.2 Å². The van der Waals surface area contributed by atoms with Crippen molar-refractivity contribution in [2.24, 2.45) is 0 Å². The predicted octanol–water partition coefficient (Wildman–Crippen LogP) is 5.46. The number of anilines is 1. The van der Waals surface area contributed by atoms with Gasteiger partial charge in [-0.15, -0.1) is 0 Å². The Bertz CT molecular complexity index is 1270. The van der Waals surface area contributed by atoms with Crippen LogP contribution in [-0.4, -0.2) is 28.4 Å². The van der Waals surface area contributed by atoms with Gasteiger partial charge in [0, 0.05) is 23.8 Å². The molecule has 2 aromatic heterocycles. The maximum atomic E-state index is 5.87. The van der Waals surface area contributed by atoms with Crippen LogP contribution in [0.15, 0.2) is 91.3 Å². The number of para-hydroxylation sites is 2. The Morgan fingerprint density at radius 1 is 0.971 bits per heavy atom. The number of benzene rings is 2. The summed E-state index contributed by atoms with van der Waals surface area (Å²) in [5.41, 5.74) is 3.95. The molecule has 6 nitrogen and oxygen atoms in total. The zero-order valence-corrected chi connectivity index (χ0v) is 19.9. The van der Waals surface area contributed by atoms with Crippen LogP contribution in [0.1, 0.15) is 30.4 Å². The van der Waals surface area contributed by atoms with E-state index in [-0.39, 0.29) is 12.1 Å². The summed E-state index contributed by atoms with van der Waals surface area (Å²) in [5, 5.41) is 4.15. The monoisotopic (exact) mass is 470 g/mol. The fraction of sp³-hybridized carbons (Fsp3) is 0.185. The first-order chi connectivity index (χ1) is 16.7. The van der Waals surface area contributed by atoms with E-state index in [2.05, 4.69) is 50.2 Å². The van der Waals surface area contributed by atoms with Crippen LogP contribution < -0.4 is 19.7 Å². The smallest absolute Gasteiger partial charge is 0.174 e. The van der Waals surface area contributed by atoms with Crippen LogP contribution in [-0.2, 0) is 0 Å². The highest BCUT2D eigenvalue weighted by Crippen LogP contribution is 2.44. The minimum absolute atomic E-state index is 0.144. The van der Waals surface area contributed by atoms with E-state index in [0.717, 1.165) is 34.3 Å². The number of hydrogen-bond donors (Lipinski definition) is 1. The minimum Gasteiger partial charge on any atom is -0.495 e. The second kappa shape index (κ2) is 9.57. The molecule has 1 saturated heterocycles. The van der Waals surface area contributed by atoms with Crippen LogP contribution in [0.4, 0.5) is 5.69 Å². The minimum atomic E-state index is -0.153. The summed E-state index contributed by atoms with van der Waals surface area (Å²) in [6.07, 6.45) is 3.89. The van der Waals surface area contributed by atoms with Gasteiger partial charge in [-0.25, -0.2) is 0 Å². The van der Waals surface area contributed by atoms with Gasteiger partial charge in [-0.05, 0) is 79.8 Å². The third-order valence-corrected chi connectivity index (χ3v) is 6.27. The first-order valence-corrected chi connectivity index (χ1v) is 11.7. The predicted molar refractivity (Wildman–Crippen MR) is 138 cm³/mol. The molecule has 5 rings (SSSR count). The van der Waals surface area contributed by atoms with E-state index >= 15 is 0 Å². The normalized spacial score (nSPS) is 17.5. The average molecular weight is 471 g/mol. The van der Waals surface area contributed by atoms with Crippen molar-refractivity contribution in [3.05, 3.63) is 103 Å². The number of rotatable bonds is 7. The molecule has 3 heterocycles. The molecule has 34 heavy (non-hydrogen) atoms. The molecule has 0 unspecified atom stereocenters. The summed E-state index contributed by atoms with van der Waals surface area (Å²) in [4.78, 5) is 6.79. The van der Waals surface area contributed by atoms with Gasteiger partial charge in [0.15, 0.2) is 5.11 Å². The second-order valence-electron chi connectivity index (χ2n) is 7.90. The molecule has 172 valence electrons. The molecule has 1 aliphatic heterocycles. The van der Waals surface area contributed by atoms with Crippen molar-refractivity contribution in [3.63, 3.8) is 0 Å². The Morgan fingerprint density at radius 3 is 2.50 bits per heavy atom. The number of nitrogens with one attached hydrogen (secondary N) is 1. The van der Waals surface area contributed by atoms with E-state index in [1.807, 2.05) is 67.7 Å². The van der Waals surface area contributed by atoms with Crippen molar-refractivity contribution < 1.29 is 9.47 Å². The molecule has 0 spiro atoms. The van der Waals surface area contributed by atoms with Gasteiger partial charge in [-0.1, -0.05) is 18.2 Å². The van der Waals surface area contributed by atoms with Gasteiger partial charge >= 0.3 is 0 Å². The number of aromatic nitrogens is 2. The lowest BCUT2D eigenvalue weighted by Crippen LogP contribution is -2.30. The first-order valence-electron chi connectivity index (χ1n) is 11.3. The quantitative estimate of drug-likeness (QED) is 0.362. The highest BCUT2D eigenvalue weighted by molar-refractivity contribution is 7.80. The Hall–Kier alpha value is -3.84. The second-order valence-corrected chi connectivity index (χ2v) is 8.29. The lowest BCUT2D eigenvalue weighted by molar-refractivity contribution is 0.340. The molecular formula is C27H26N4O2S. The van der Waals surface area contributed by atoms with Gasteiger partial charge in [0.1, 0.15) is 17.5 Å². The molecule has 2 aromatic carbocycles. The highest BCUT2D eigenvalue weighted by atomic mass is 32.1. The zero-order valence-electron chi connectivity index (χ0n) is 19.1. The summed E-state index contributed by atoms with van der Waals surface area (Å²) in [6, 6.07) is 25.9. The van der Waals surface area contributed by atoms with Crippen LogP contribution in [0, 0.1) is 0 Å². The van der Waals surface area contributed by atoms with E-state index < -0.39 is 0 Å². The molecule has 4 aromatic rings. The van der Waals surface area contributed by atoms with Crippen LogP contribution in [0.25, 0.3) is 5.69 Å². The number of ether oxygens (including phenoxy) is 2. The molecular weight excluding hydrogens is 444 g/mol. The van der Waals surface area contributed by atoms with Crippen LogP contribution in [0.3, 0.4) is 0 Å². The third kappa shape index (κ3) is 3.99. The van der Waals surface area contributed by atoms with Crippen molar-refractivity contribution in [1.29, 1.82) is 0 Å². The van der Waals surface area contributed by atoms with Gasteiger partial charge in [0.05, 0.1) is 31.1 Å². The average Bonchev–Trinajstić information content (AvgIpc) is 3.49. The Morgan fingerprint density at radius 2 is 1.76 bits per heavy atom. The maximum absolute atomic E-state index is 5.87. The summed E-state index contributed by atoms with van der Waals surface area (Å²) in [5.74, 6) is 1.61. The van der Waals surface area contributed by atoms with Gasteiger partial charge in [0.25, 0.3) is 0 Å². The maximum Gasteiger partial charge on any atom is 0.174 e. The molecule has 1 aliphatic rings. The molecule has 1 N–H and O–H groups in total. The zero-order chi connectivity index (χ0) is 23.5. The lowest BCUT2D eigenvalue weighted by Gasteiger charge is -2.30.